The third-order valence-electron chi connectivity index (χ3n) is 2.51. The fourth-order valence-corrected chi connectivity index (χ4v) is 1.60. The van der Waals surface area contributed by atoms with Crippen molar-refractivity contribution >= 4 is 5.97 Å². The molecule has 2 aromatic rings. The molecule has 0 spiro atoms. The van der Waals surface area contributed by atoms with Gasteiger partial charge in [-0.25, -0.2) is 9.59 Å². The van der Waals surface area contributed by atoms with Gasteiger partial charge in [-0.15, -0.1) is 0 Å². The lowest BCUT2D eigenvalue weighted by Gasteiger charge is -2.08. The summed E-state index contributed by atoms with van der Waals surface area (Å²) in [5.41, 5.74) is -2.32. The molecule has 0 saturated heterocycles. The summed E-state index contributed by atoms with van der Waals surface area (Å²) in [6, 6.07) is 4.89. The fourth-order valence-electron chi connectivity index (χ4n) is 1.60. The summed E-state index contributed by atoms with van der Waals surface area (Å²) in [5.74, 6) is -1.62. The average Bonchev–Trinajstić information content (AvgIpc) is 2.39. The third kappa shape index (κ3) is 3.14. The Morgan fingerprint density at radius 2 is 1.86 bits per heavy atom. The number of carboxylic acid groups (broad SMARTS) is 1. The Hall–Kier alpha value is -2.97. The SMILES string of the molecule is O=C(O)c1cn(-c2ccc(OC(F)F)cc2)c(=O)[nH]c1=O. The van der Waals surface area contributed by atoms with E-state index in [4.69, 9.17) is 5.11 Å². The molecule has 0 atom stereocenters. The molecule has 0 unspecified atom stereocenters. The molecule has 0 bridgehead atoms. The normalized spacial score (nSPS) is 10.6. The number of hydrogen-bond acceptors (Lipinski definition) is 4. The topological polar surface area (TPSA) is 101 Å². The van der Waals surface area contributed by atoms with Crippen LogP contribution in [0.3, 0.4) is 0 Å². The summed E-state index contributed by atoms with van der Waals surface area (Å²) < 4.78 is 29.0. The van der Waals surface area contributed by atoms with Crippen molar-refractivity contribution in [1.82, 2.24) is 9.55 Å². The van der Waals surface area contributed by atoms with Gasteiger partial charge in [0.1, 0.15) is 11.3 Å². The molecule has 0 fully saturated rings. The number of carboxylic acids is 1. The summed E-state index contributed by atoms with van der Waals surface area (Å²) in [4.78, 5) is 35.6. The standard InChI is InChI=1S/C12H8F2N2O5/c13-11(14)21-7-3-1-6(2-4-7)16-5-8(10(18)19)9(17)15-12(16)20/h1-5,11H,(H,18,19)(H,15,17,20). The van der Waals surface area contributed by atoms with E-state index in [0.29, 0.717) is 0 Å². The van der Waals surface area contributed by atoms with E-state index in [-0.39, 0.29) is 11.4 Å². The zero-order valence-corrected chi connectivity index (χ0v) is 10.2. The van der Waals surface area contributed by atoms with Crippen LogP contribution in [0.1, 0.15) is 10.4 Å². The Morgan fingerprint density at radius 1 is 1.24 bits per heavy atom. The Bertz CT molecular complexity index is 779. The van der Waals surface area contributed by atoms with Crippen molar-refractivity contribution in [3.05, 3.63) is 56.9 Å². The molecule has 1 heterocycles. The number of carbonyl (C=O) groups is 1. The van der Waals surface area contributed by atoms with Crippen molar-refractivity contribution in [3.63, 3.8) is 0 Å². The Balaban J connectivity index is 2.47. The van der Waals surface area contributed by atoms with E-state index in [1.54, 1.807) is 0 Å². The quantitative estimate of drug-likeness (QED) is 0.870. The Kier molecular flexibility index (Phi) is 3.83. The number of rotatable bonds is 4. The molecular formula is C12H8F2N2O5. The number of alkyl halides is 2. The second kappa shape index (κ2) is 5.57. The van der Waals surface area contributed by atoms with Gasteiger partial charge >= 0.3 is 18.3 Å². The van der Waals surface area contributed by atoms with Crippen LogP contribution in [0.5, 0.6) is 5.75 Å². The van der Waals surface area contributed by atoms with E-state index in [2.05, 4.69) is 4.74 Å². The van der Waals surface area contributed by atoms with Gasteiger partial charge in [0.15, 0.2) is 0 Å². The number of nitrogens with one attached hydrogen (secondary N) is 1. The van der Waals surface area contributed by atoms with Crippen molar-refractivity contribution < 1.29 is 23.4 Å². The smallest absolute Gasteiger partial charge is 0.387 e. The second-order valence-electron chi connectivity index (χ2n) is 3.85. The van der Waals surface area contributed by atoms with Crippen molar-refractivity contribution in [2.24, 2.45) is 0 Å². The first-order valence-electron chi connectivity index (χ1n) is 5.53. The number of halogens is 2. The number of H-pyrrole nitrogens is 1. The summed E-state index contributed by atoms with van der Waals surface area (Å²) in [7, 11) is 0. The van der Waals surface area contributed by atoms with Gasteiger partial charge in [0, 0.05) is 6.20 Å². The Morgan fingerprint density at radius 3 is 2.38 bits per heavy atom. The monoisotopic (exact) mass is 298 g/mol. The van der Waals surface area contributed by atoms with Gasteiger partial charge in [-0.3, -0.25) is 14.3 Å². The molecule has 0 radical (unpaired) electrons. The maximum absolute atomic E-state index is 12.0. The highest BCUT2D eigenvalue weighted by Crippen LogP contribution is 2.16. The lowest BCUT2D eigenvalue weighted by Crippen LogP contribution is -2.32. The van der Waals surface area contributed by atoms with Crippen LogP contribution in [0.15, 0.2) is 40.1 Å². The van der Waals surface area contributed by atoms with Gasteiger partial charge in [0.2, 0.25) is 0 Å². The minimum atomic E-state index is -2.98. The Labute approximate surface area is 115 Å². The van der Waals surface area contributed by atoms with Crippen molar-refractivity contribution in [2.75, 3.05) is 0 Å². The van der Waals surface area contributed by atoms with Crippen LogP contribution >= 0.6 is 0 Å². The van der Waals surface area contributed by atoms with Crippen LogP contribution in [0.4, 0.5) is 8.78 Å². The van der Waals surface area contributed by atoms with Gasteiger partial charge in [-0.1, -0.05) is 0 Å². The zero-order chi connectivity index (χ0) is 15.6. The van der Waals surface area contributed by atoms with E-state index in [9.17, 15) is 23.2 Å². The minimum Gasteiger partial charge on any atom is -0.477 e. The van der Waals surface area contributed by atoms with Crippen molar-refractivity contribution in [2.45, 2.75) is 6.61 Å². The number of hydrogen-bond donors (Lipinski definition) is 2. The molecule has 1 aromatic carbocycles. The molecule has 0 aliphatic rings. The molecule has 9 heteroatoms. The number of ether oxygens (including phenoxy) is 1. The van der Waals surface area contributed by atoms with Crippen LogP contribution in [0, 0.1) is 0 Å². The molecule has 21 heavy (non-hydrogen) atoms. The summed E-state index contributed by atoms with van der Waals surface area (Å²) in [5, 5.41) is 8.83. The molecule has 2 N–H and O–H groups in total. The molecule has 2 rings (SSSR count). The predicted molar refractivity (Wildman–Crippen MR) is 66.3 cm³/mol. The van der Waals surface area contributed by atoms with E-state index in [1.807, 2.05) is 4.98 Å². The van der Waals surface area contributed by atoms with E-state index in [0.717, 1.165) is 10.8 Å². The van der Waals surface area contributed by atoms with Crippen LogP contribution in [-0.2, 0) is 0 Å². The highest BCUT2D eigenvalue weighted by Gasteiger charge is 2.12. The highest BCUT2D eigenvalue weighted by atomic mass is 19.3. The predicted octanol–water partition coefficient (Wildman–Crippen LogP) is 0.825. The maximum atomic E-state index is 12.0. The lowest BCUT2D eigenvalue weighted by atomic mass is 10.3. The second-order valence-corrected chi connectivity index (χ2v) is 3.85. The van der Waals surface area contributed by atoms with Gasteiger partial charge in [-0.05, 0) is 24.3 Å². The van der Waals surface area contributed by atoms with Crippen LogP contribution in [-0.4, -0.2) is 27.2 Å². The number of aromatic nitrogens is 2. The highest BCUT2D eigenvalue weighted by molar-refractivity contribution is 5.86. The van der Waals surface area contributed by atoms with E-state index < -0.39 is 29.4 Å². The molecule has 110 valence electrons. The summed E-state index contributed by atoms with van der Waals surface area (Å²) in [6.07, 6.45) is 0.854. The number of benzene rings is 1. The van der Waals surface area contributed by atoms with Gasteiger partial charge in [0.25, 0.3) is 5.56 Å². The van der Waals surface area contributed by atoms with Gasteiger partial charge in [0.05, 0.1) is 5.69 Å². The van der Waals surface area contributed by atoms with Crippen LogP contribution in [0.25, 0.3) is 5.69 Å². The average molecular weight is 298 g/mol. The fraction of sp³-hybridized carbons (Fsp3) is 0.0833. The van der Waals surface area contributed by atoms with Gasteiger partial charge < -0.3 is 9.84 Å². The first-order chi connectivity index (χ1) is 9.88. The van der Waals surface area contributed by atoms with E-state index in [1.165, 1.54) is 24.3 Å². The molecular weight excluding hydrogens is 290 g/mol. The van der Waals surface area contributed by atoms with Crippen molar-refractivity contribution in [3.8, 4) is 11.4 Å². The lowest BCUT2D eigenvalue weighted by molar-refractivity contribution is -0.0498. The summed E-state index contributed by atoms with van der Waals surface area (Å²) >= 11 is 0. The van der Waals surface area contributed by atoms with Crippen molar-refractivity contribution in [1.29, 1.82) is 0 Å². The molecule has 1 aromatic heterocycles. The molecule has 7 nitrogen and oxygen atoms in total. The van der Waals surface area contributed by atoms with Crippen LogP contribution in [0.2, 0.25) is 0 Å². The van der Waals surface area contributed by atoms with Crippen LogP contribution < -0.4 is 16.0 Å². The largest absolute Gasteiger partial charge is 0.477 e. The first kappa shape index (κ1) is 14.4. The maximum Gasteiger partial charge on any atom is 0.387 e. The first-order valence-corrected chi connectivity index (χ1v) is 5.53. The molecule has 0 aliphatic heterocycles. The molecule has 0 saturated carbocycles. The number of nitrogens with zero attached hydrogens (tertiary/aromatic N) is 1. The van der Waals surface area contributed by atoms with Gasteiger partial charge in [-0.2, -0.15) is 8.78 Å². The molecule has 0 amide bonds. The zero-order valence-electron chi connectivity index (χ0n) is 10.2. The number of aromatic amines is 1. The number of aromatic carboxylic acids is 1. The molecule has 0 aliphatic carbocycles. The summed E-state index contributed by atoms with van der Waals surface area (Å²) in [6.45, 7) is -2.98. The third-order valence-corrected chi connectivity index (χ3v) is 2.51. The van der Waals surface area contributed by atoms with E-state index >= 15 is 0 Å². The minimum absolute atomic E-state index is 0.121.